The molecule has 0 fully saturated rings. The van der Waals surface area contributed by atoms with E-state index in [1.165, 1.54) is 0 Å². The second kappa shape index (κ2) is 6.79. The minimum atomic E-state index is 0.456. The van der Waals surface area contributed by atoms with Crippen LogP contribution in [0.2, 0.25) is 0 Å². The van der Waals surface area contributed by atoms with Crippen molar-refractivity contribution in [3.8, 4) is 5.82 Å². The molecule has 9 heteroatoms. The molecule has 0 atom stereocenters. The van der Waals surface area contributed by atoms with Crippen LogP contribution in [-0.2, 0) is 7.05 Å². The van der Waals surface area contributed by atoms with Gasteiger partial charge in [-0.1, -0.05) is 6.07 Å². The van der Waals surface area contributed by atoms with Crippen LogP contribution >= 0.6 is 0 Å². The molecule has 0 aliphatic heterocycles. The Morgan fingerprint density at radius 3 is 2.55 bits per heavy atom. The predicted molar refractivity (Wildman–Crippen MR) is 111 cm³/mol. The number of imidazole rings is 1. The average molecular weight is 385 g/mol. The molecule has 5 aromatic rings. The highest BCUT2D eigenvalue weighted by Crippen LogP contribution is 2.21. The van der Waals surface area contributed by atoms with E-state index in [2.05, 4.69) is 30.6 Å². The fraction of sp³-hybridized carbons (Fsp3) is 0.100. The molecule has 0 saturated heterocycles. The van der Waals surface area contributed by atoms with Gasteiger partial charge in [0.2, 0.25) is 5.95 Å². The van der Waals surface area contributed by atoms with Crippen molar-refractivity contribution < 1.29 is 0 Å². The van der Waals surface area contributed by atoms with Crippen LogP contribution in [-0.4, -0.2) is 33.7 Å². The minimum absolute atomic E-state index is 0.456. The first-order chi connectivity index (χ1) is 14.1. The summed E-state index contributed by atoms with van der Waals surface area (Å²) in [6, 6.07) is 9.72. The van der Waals surface area contributed by atoms with Gasteiger partial charge in [0.25, 0.3) is 0 Å². The summed E-state index contributed by atoms with van der Waals surface area (Å²) in [6.07, 6.45) is 11.3. The zero-order chi connectivity index (χ0) is 19.8. The summed E-state index contributed by atoms with van der Waals surface area (Å²) >= 11 is 0. The first-order valence-corrected chi connectivity index (χ1v) is 9.13. The number of nitrogens with one attached hydrogen (secondary N) is 2. The van der Waals surface area contributed by atoms with Crippen molar-refractivity contribution in [2.24, 2.45) is 7.05 Å². The lowest BCUT2D eigenvalue weighted by Gasteiger charge is -2.18. The van der Waals surface area contributed by atoms with Gasteiger partial charge in [-0.2, -0.15) is 9.97 Å². The zero-order valence-corrected chi connectivity index (χ0v) is 16.0. The third-order valence-electron chi connectivity index (χ3n) is 4.53. The molecule has 0 unspecified atom stereocenters. The van der Waals surface area contributed by atoms with Crippen LogP contribution in [0.25, 0.3) is 11.5 Å². The summed E-state index contributed by atoms with van der Waals surface area (Å²) < 4.78 is 5.82. The lowest BCUT2D eigenvalue weighted by Crippen LogP contribution is -2.17. The maximum Gasteiger partial charge on any atom is 0.232 e. The number of fused-ring (bicyclic) bond motifs is 1. The number of anilines is 4. The van der Waals surface area contributed by atoms with Crippen molar-refractivity contribution in [3.63, 3.8) is 0 Å². The van der Waals surface area contributed by atoms with Gasteiger partial charge in [-0.15, -0.1) is 0 Å². The average Bonchev–Trinajstić information content (AvgIpc) is 3.16. The molecular formula is C20H19N9. The molecule has 29 heavy (non-hydrogen) atoms. The van der Waals surface area contributed by atoms with E-state index in [-0.39, 0.29) is 0 Å². The van der Waals surface area contributed by atoms with E-state index in [4.69, 9.17) is 0 Å². The molecule has 0 bridgehead atoms. The molecule has 5 heterocycles. The zero-order valence-electron chi connectivity index (χ0n) is 16.0. The Morgan fingerprint density at radius 2 is 1.79 bits per heavy atom. The predicted octanol–water partition coefficient (Wildman–Crippen LogP) is 3.44. The molecule has 0 spiro atoms. The molecule has 9 nitrogen and oxygen atoms in total. The van der Waals surface area contributed by atoms with E-state index in [9.17, 15) is 0 Å². The number of hydrogen-bond donors (Lipinski definition) is 2. The molecule has 0 aliphatic carbocycles. The normalized spacial score (nSPS) is 11.1. The quantitative estimate of drug-likeness (QED) is 0.482. The minimum Gasteiger partial charge on any atom is -0.340 e. The lowest BCUT2D eigenvalue weighted by atomic mass is 10.3. The fourth-order valence-corrected chi connectivity index (χ4v) is 2.97. The van der Waals surface area contributed by atoms with Gasteiger partial charge in [-0.05, 0) is 24.6 Å². The molecule has 144 valence electrons. The van der Waals surface area contributed by atoms with Gasteiger partial charge in [-0.3, -0.25) is 4.68 Å². The van der Waals surface area contributed by atoms with Crippen LogP contribution in [0.15, 0.2) is 67.5 Å². The molecular weight excluding hydrogens is 366 g/mol. The van der Waals surface area contributed by atoms with Crippen LogP contribution in [0.5, 0.6) is 0 Å². The number of nitrogens with zero attached hydrogens (tertiary/aromatic N) is 7. The van der Waals surface area contributed by atoms with E-state index in [1.54, 1.807) is 12.4 Å². The van der Waals surface area contributed by atoms with Gasteiger partial charge in [0, 0.05) is 62.0 Å². The highest BCUT2D eigenvalue weighted by molar-refractivity contribution is 5.64. The number of aryl methyl sites for hydroxylation is 2. The van der Waals surface area contributed by atoms with Crippen LogP contribution < -0.4 is 10.6 Å². The fourth-order valence-electron chi connectivity index (χ4n) is 2.97. The summed E-state index contributed by atoms with van der Waals surface area (Å²) in [5.41, 5.74) is 2.84. The smallest absolute Gasteiger partial charge is 0.232 e. The second-order valence-corrected chi connectivity index (χ2v) is 6.73. The van der Waals surface area contributed by atoms with Crippen molar-refractivity contribution in [1.29, 1.82) is 0 Å². The van der Waals surface area contributed by atoms with Crippen molar-refractivity contribution in [3.05, 3.63) is 73.1 Å². The number of aromatic nitrogens is 7. The van der Waals surface area contributed by atoms with Crippen LogP contribution in [0.1, 0.15) is 5.56 Å². The lowest BCUT2D eigenvalue weighted by molar-refractivity contribution is 0.576. The molecule has 5 aromatic heterocycles. The van der Waals surface area contributed by atoms with E-state index in [0.29, 0.717) is 17.6 Å². The maximum absolute atomic E-state index is 4.62. The Labute approximate surface area is 166 Å². The summed E-state index contributed by atoms with van der Waals surface area (Å²) in [4.78, 5) is 17.9. The monoisotopic (exact) mass is 385 g/mol. The molecule has 0 radical (unpaired) electrons. The van der Waals surface area contributed by atoms with Crippen molar-refractivity contribution in [2.45, 2.75) is 6.92 Å². The SMILES string of the molecule is Cc1ccc(Nc2nc(Nc3ccn4ccnc4c3)cc(-n3ccn3C)n2)nc1. The molecule has 0 saturated carbocycles. The summed E-state index contributed by atoms with van der Waals surface area (Å²) in [5, 5.41) is 6.53. The summed E-state index contributed by atoms with van der Waals surface area (Å²) in [6.45, 7) is 2.00. The van der Waals surface area contributed by atoms with Gasteiger partial charge in [0.15, 0.2) is 5.82 Å². The van der Waals surface area contributed by atoms with E-state index in [0.717, 1.165) is 22.7 Å². The van der Waals surface area contributed by atoms with Crippen molar-refractivity contribution >= 4 is 28.9 Å². The Kier molecular flexibility index (Phi) is 3.98. The number of pyridine rings is 2. The molecule has 0 aliphatic rings. The van der Waals surface area contributed by atoms with Crippen LogP contribution in [0.3, 0.4) is 0 Å². The third kappa shape index (κ3) is 3.41. The third-order valence-corrected chi connectivity index (χ3v) is 4.53. The first kappa shape index (κ1) is 17.0. The van der Waals surface area contributed by atoms with E-state index >= 15 is 0 Å². The van der Waals surface area contributed by atoms with Crippen molar-refractivity contribution in [1.82, 2.24) is 33.7 Å². The second-order valence-electron chi connectivity index (χ2n) is 6.73. The van der Waals surface area contributed by atoms with Gasteiger partial charge in [0.05, 0.1) is 0 Å². The first-order valence-electron chi connectivity index (χ1n) is 9.13. The Balaban J connectivity index is 1.50. The number of rotatable bonds is 5. The number of hydrogen-bond acceptors (Lipinski definition) is 6. The summed E-state index contributed by atoms with van der Waals surface area (Å²) in [5.74, 6) is 2.54. The van der Waals surface area contributed by atoms with E-state index in [1.807, 2.05) is 82.9 Å². The highest BCUT2D eigenvalue weighted by Gasteiger charge is 2.10. The van der Waals surface area contributed by atoms with Gasteiger partial charge in [0.1, 0.15) is 17.3 Å². The molecule has 0 amide bonds. The largest absolute Gasteiger partial charge is 0.340 e. The van der Waals surface area contributed by atoms with Crippen LogP contribution in [0.4, 0.5) is 23.3 Å². The Morgan fingerprint density at radius 1 is 0.862 bits per heavy atom. The summed E-state index contributed by atoms with van der Waals surface area (Å²) in [7, 11) is 1.95. The van der Waals surface area contributed by atoms with Gasteiger partial charge >= 0.3 is 0 Å². The molecule has 5 rings (SSSR count). The molecule has 2 N–H and O–H groups in total. The standard InChI is InChI=1S/C20H19N9/c1-14-3-4-16(22-13-14)24-20-25-17(12-19(26-20)29-10-9-27(29)2)23-15-5-7-28-8-6-21-18(28)11-15/h3-13H,1-2H3,(H2,22,23,24,25,26). The van der Waals surface area contributed by atoms with Gasteiger partial charge < -0.3 is 15.0 Å². The maximum atomic E-state index is 4.62. The van der Waals surface area contributed by atoms with Crippen LogP contribution in [0, 0.1) is 6.92 Å². The Bertz CT molecular complexity index is 1280. The van der Waals surface area contributed by atoms with E-state index < -0.39 is 0 Å². The molecule has 0 aromatic carbocycles. The topological polar surface area (TPSA) is 89.9 Å². The highest BCUT2D eigenvalue weighted by atomic mass is 15.4. The van der Waals surface area contributed by atoms with Gasteiger partial charge in [-0.25, -0.2) is 14.6 Å². The van der Waals surface area contributed by atoms with Crippen molar-refractivity contribution in [2.75, 3.05) is 10.6 Å². The Hall–Kier alpha value is -4.14.